The van der Waals surface area contributed by atoms with E-state index in [1.807, 2.05) is 11.0 Å². The van der Waals surface area contributed by atoms with Gasteiger partial charge in [-0.15, -0.1) is 0 Å². The molecule has 2 atom stereocenters. The predicted octanol–water partition coefficient (Wildman–Crippen LogP) is 1.55. The van der Waals surface area contributed by atoms with Crippen molar-refractivity contribution in [2.24, 2.45) is 11.8 Å². The lowest BCUT2D eigenvalue weighted by Gasteiger charge is -2.16. The van der Waals surface area contributed by atoms with Crippen LogP contribution in [0.3, 0.4) is 0 Å². The predicted molar refractivity (Wildman–Crippen MR) is 52.3 cm³/mol. The maximum Gasteiger partial charge on any atom is 0.223 e. The molecule has 0 aromatic heterocycles. The van der Waals surface area contributed by atoms with E-state index in [0.29, 0.717) is 12.8 Å². The van der Waals surface area contributed by atoms with E-state index in [0.717, 1.165) is 24.9 Å². The van der Waals surface area contributed by atoms with Crippen molar-refractivity contribution in [3.8, 4) is 6.07 Å². The minimum Gasteiger partial charge on any atom is -0.342 e. The Morgan fingerprint density at radius 2 is 2.00 bits per heavy atom. The van der Waals surface area contributed by atoms with Crippen molar-refractivity contribution in [3.63, 3.8) is 0 Å². The van der Waals surface area contributed by atoms with E-state index in [-0.39, 0.29) is 5.91 Å². The highest BCUT2D eigenvalue weighted by atomic mass is 16.2. The molecule has 0 spiro atoms. The Kier molecular flexibility index (Phi) is 2.72. The summed E-state index contributed by atoms with van der Waals surface area (Å²) in [4.78, 5) is 13.6. The zero-order valence-corrected chi connectivity index (χ0v) is 8.41. The lowest BCUT2D eigenvalue weighted by molar-refractivity contribution is -0.130. The van der Waals surface area contributed by atoms with Gasteiger partial charge in [0.05, 0.1) is 6.07 Å². The summed E-state index contributed by atoms with van der Waals surface area (Å²) in [5.41, 5.74) is 0. The molecule has 1 aliphatic heterocycles. The second-order valence-corrected chi connectivity index (χ2v) is 4.41. The highest BCUT2D eigenvalue weighted by Gasteiger charge is 2.37. The molecule has 0 aromatic rings. The molecule has 2 fully saturated rings. The summed E-state index contributed by atoms with van der Waals surface area (Å²) in [6.07, 6.45) is 4.72. The number of nitrogens with zero attached hydrogens (tertiary/aromatic N) is 2. The van der Waals surface area contributed by atoms with Crippen molar-refractivity contribution in [1.82, 2.24) is 4.90 Å². The molecule has 1 aliphatic carbocycles. The molecular weight excluding hydrogens is 176 g/mol. The topological polar surface area (TPSA) is 44.1 Å². The van der Waals surface area contributed by atoms with Gasteiger partial charge in [0.25, 0.3) is 0 Å². The summed E-state index contributed by atoms with van der Waals surface area (Å²) < 4.78 is 0. The maximum atomic E-state index is 11.6. The SMILES string of the molecule is N#CCCC(=O)N1CC2CCCC2C1. The van der Waals surface area contributed by atoms with Crippen molar-refractivity contribution in [1.29, 1.82) is 5.26 Å². The first-order valence-corrected chi connectivity index (χ1v) is 5.46. The Labute approximate surface area is 84.7 Å². The van der Waals surface area contributed by atoms with E-state index >= 15 is 0 Å². The van der Waals surface area contributed by atoms with E-state index in [1.165, 1.54) is 19.3 Å². The Morgan fingerprint density at radius 3 is 2.57 bits per heavy atom. The van der Waals surface area contributed by atoms with Gasteiger partial charge >= 0.3 is 0 Å². The molecule has 1 saturated heterocycles. The normalized spacial score (nSPS) is 30.1. The summed E-state index contributed by atoms with van der Waals surface area (Å²) in [6, 6.07) is 2.02. The average molecular weight is 192 g/mol. The number of amides is 1. The molecule has 3 heteroatoms. The molecule has 0 aromatic carbocycles. The molecular formula is C11H16N2O. The quantitative estimate of drug-likeness (QED) is 0.666. The van der Waals surface area contributed by atoms with Crippen LogP contribution in [-0.2, 0) is 4.79 Å². The highest BCUT2D eigenvalue weighted by Crippen LogP contribution is 2.37. The van der Waals surface area contributed by atoms with Crippen molar-refractivity contribution >= 4 is 5.91 Å². The third-order valence-electron chi connectivity index (χ3n) is 3.53. The van der Waals surface area contributed by atoms with Gasteiger partial charge in [-0.2, -0.15) is 5.26 Å². The number of carbonyl (C=O) groups is 1. The maximum absolute atomic E-state index is 11.6. The summed E-state index contributed by atoms with van der Waals surface area (Å²) in [5.74, 6) is 1.71. The van der Waals surface area contributed by atoms with Crippen LogP contribution in [0.25, 0.3) is 0 Å². The molecule has 2 rings (SSSR count). The van der Waals surface area contributed by atoms with E-state index in [2.05, 4.69) is 0 Å². The fourth-order valence-electron chi connectivity index (χ4n) is 2.76. The van der Waals surface area contributed by atoms with Gasteiger partial charge in [0.15, 0.2) is 0 Å². The fourth-order valence-corrected chi connectivity index (χ4v) is 2.76. The third-order valence-corrected chi connectivity index (χ3v) is 3.53. The Hall–Kier alpha value is -1.04. The second kappa shape index (κ2) is 4.00. The smallest absolute Gasteiger partial charge is 0.223 e. The van der Waals surface area contributed by atoms with Crippen molar-refractivity contribution < 1.29 is 4.79 Å². The third kappa shape index (κ3) is 1.75. The van der Waals surface area contributed by atoms with Crippen LogP contribution in [0.1, 0.15) is 32.1 Å². The molecule has 0 radical (unpaired) electrons. The largest absolute Gasteiger partial charge is 0.342 e. The van der Waals surface area contributed by atoms with Crippen molar-refractivity contribution in [2.45, 2.75) is 32.1 Å². The summed E-state index contributed by atoms with van der Waals surface area (Å²) in [6.45, 7) is 1.91. The fraction of sp³-hybridized carbons (Fsp3) is 0.818. The van der Waals surface area contributed by atoms with Gasteiger partial charge in [-0.1, -0.05) is 6.42 Å². The van der Waals surface area contributed by atoms with Crippen molar-refractivity contribution in [2.75, 3.05) is 13.1 Å². The number of likely N-dealkylation sites (tertiary alicyclic amines) is 1. The first kappa shape index (κ1) is 9.51. The van der Waals surface area contributed by atoms with Gasteiger partial charge in [-0.05, 0) is 24.7 Å². The first-order valence-electron chi connectivity index (χ1n) is 5.46. The lowest BCUT2D eigenvalue weighted by Crippen LogP contribution is -2.29. The highest BCUT2D eigenvalue weighted by molar-refractivity contribution is 5.76. The molecule has 76 valence electrons. The van der Waals surface area contributed by atoms with Gasteiger partial charge in [0.2, 0.25) is 5.91 Å². The monoisotopic (exact) mass is 192 g/mol. The summed E-state index contributed by atoms with van der Waals surface area (Å²) in [7, 11) is 0. The average Bonchev–Trinajstić information content (AvgIpc) is 2.72. The van der Waals surface area contributed by atoms with Crippen LogP contribution in [-0.4, -0.2) is 23.9 Å². The molecule has 1 heterocycles. The molecule has 0 bridgehead atoms. The zero-order valence-electron chi connectivity index (χ0n) is 8.41. The van der Waals surface area contributed by atoms with Crippen LogP contribution in [0.4, 0.5) is 0 Å². The molecule has 0 N–H and O–H groups in total. The van der Waals surface area contributed by atoms with Gasteiger partial charge in [-0.25, -0.2) is 0 Å². The second-order valence-electron chi connectivity index (χ2n) is 4.41. The molecule has 2 unspecified atom stereocenters. The Bertz CT molecular complexity index is 257. The van der Waals surface area contributed by atoms with Crippen LogP contribution in [0.2, 0.25) is 0 Å². The number of fused-ring (bicyclic) bond motifs is 1. The molecule has 1 amide bonds. The zero-order chi connectivity index (χ0) is 9.97. The lowest BCUT2D eigenvalue weighted by atomic mass is 10.0. The molecule has 1 saturated carbocycles. The minimum absolute atomic E-state index is 0.181. The van der Waals surface area contributed by atoms with Crippen LogP contribution >= 0.6 is 0 Å². The first-order chi connectivity index (χ1) is 6.81. The standard InChI is InChI=1S/C11H16N2O/c12-6-2-5-11(14)13-7-9-3-1-4-10(9)8-13/h9-10H,1-5,7-8H2. The molecule has 3 nitrogen and oxygen atoms in total. The number of hydrogen-bond acceptors (Lipinski definition) is 2. The number of hydrogen-bond donors (Lipinski definition) is 0. The van der Waals surface area contributed by atoms with Gasteiger partial charge in [-0.3, -0.25) is 4.79 Å². The minimum atomic E-state index is 0.181. The van der Waals surface area contributed by atoms with Crippen LogP contribution < -0.4 is 0 Å². The van der Waals surface area contributed by atoms with E-state index in [1.54, 1.807) is 0 Å². The van der Waals surface area contributed by atoms with Crippen LogP contribution in [0, 0.1) is 23.2 Å². The molecule has 14 heavy (non-hydrogen) atoms. The van der Waals surface area contributed by atoms with Crippen LogP contribution in [0.15, 0.2) is 0 Å². The van der Waals surface area contributed by atoms with Crippen molar-refractivity contribution in [3.05, 3.63) is 0 Å². The van der Waals surface area contributed by atoms with E-state index in [9.17, 15) is 4.79 Å². The van der Waals surface area contributed by atoms with E-state index in [4.69, 9.17) is 5.26 Å². The Morgan fingerprint density at radius 1 is 1.36 bits per heavy atom. The van der Waals surface area contributed by atoms with Gasteiger partial charge in [0, 0.05) is 25.9 Å². The summed E-state index contributed by atoms with van der Waals surface area (Å²) in [5, 5.41) is 8.40. The number of carbonyl (C=O) groups excluding carboxylic acids is 1. The Balaban J connectivity index is 1.84. The van der Waals surface area contributed by atoms with Gasteiger partial charge in [0.1, 0.15) is 0 Å². The molecule has 2 aliphatic rings. The summed E-state index contributed by atoms with van der Waals surface area (Å²) >= 11 is 0. The number of rotatable bonds is 2. The van der Waals surface area contributed by atoms with E-state index < -0.39 is 0 Å². The van der Waals surface area contributed by atoms with Gasteiger partial charge < -0.3 is 4.90 Å². The van der Waals surface area contributed by atoms with Crippen LogP contribution in [0.5, 0.6) is 0 Å². The number of nitriles is 1.